The van der Waals surface area contributed by atoms with Gasteiger partial charge in [-0.25, -0.2) is 4.79 Å². The van der Waals surface area contributed by atoms with E-state index >= 15 is 0 Å². The number of hydrogen-bond donors (Lipinski definition) is 2. The summed E-state index contributed by atoms with van der Waals surface area (Å²) in [5.74, 6) is 0.178. The largest absolute Gasteiger partial charge is 0.417 e. The summed E-state index contributed by atoms with van der Waals surface area (Å²) in [7, 11) is 0. The number of urea groups is 1. The van der Waals surface area contributed by atoms with Crippen molar-refractivity contribution in [2.75, 3.05) is 31.1 Å². The van der Waals surface area contributed by atoms with E-state index in [9.17, 15) is 22.8 Å². The molecule has 1 aliphatic carbocycles. The molecule has 2 N–H and O–H groups in total. The minimum atomic E-state index is -4.67. The third-order valence-electron chi connectivity index (χ3n) is 7.27. The minimum absolute atomic E-state index is 0.103. The number of nitrogens with zero attached hydrogens (tertiary/aromatic N) is 3. The molecule has 190 valence electrons. The van der Waals surface area contributed by atoms with Gasteiger partial charge in [-0.3, -0.25) is 4.79 Å². The smallest absolute Gasteiger partial charge is 0.359 e. The molecule has 3 aliphatic rings. The first kappa shape index (κ1) is 25.1. The van der Waals surface area contributed by atoms with Gasteiger partial charge in [0.05, 0.1) is 17.2 Å². The highest BCUT2D eigenvalue weighted by atomic mass is 19.4. The zero-order chi connectivity index (χ0) is 25.4. The van der Waals surface area contributed by atoms with Gasteiger partial charge in [-0.15, -0.1) is 0 Å². The average molecular weight is 492 g/mol. The summed E-state index contributed by atoms with van der Waals surface area (Å²) in [6.45, 7) is 6.15. The molecule has 1 aromatic rings. The quantitative estimate of drug-likeness (QED) is 0.654. The second kappa shape index (κ2) is 9.59. The third-order valence-corrected chi connectivity index (χ3v) is 7.27. The van der Waals surface area contributed by atoms with E-state index in [1.165, 1.54) is 12.1 Å². The lowest BCUT2D eigenvalue weighted by Gasteiger charge is -2.39. The van der Waals surface area contributed by atoms with Crippen molar-refractivity contribution in [2.24, 2.45) is 11.3 Å². The number of hydrogen-bond acceptors (Lipinski definition) is 4. The summed E-state index contributed by atoms with van der Waals surface area (Å²) in [5, 5.41) is 15.1. The molecule has 3 amide bonds. The first-order valence-electron chi connectivity index (χ1n) is 12.2. The molecule has 4 rings (SSSR count). The first-order valence-corrected chi connectivity index (χ1v) is 12.2. The standard InChI is InChI=1S/C25H32F3N5O2/c1-16(2)14-30-23(35)32-9-7-24(8-10-32)12-21(22(34)31-18-4-5-18)33(15-24)19-6-3-17(13-29)20(11-19)25(26,27)28/h3,6,11,16,18,21H,4-5,7-10,12,14-15H2,1-2H3,(H,30,35)(H,31,34). The molecule has 2 aliphatic heterocycles. The van der Waals surface area contributed by atoms with Crippen molar-refractivity contribution in [1.29, 1.82) is 5.26 Å². The van der Waals surface area contributed by atoms with Crippen LogP contribution >= 0.6 is 0 Å². The predicted octanol–water partition coefficient (Wildman–Crippen LogP) is 3.88. The summed E-state index contributed by atoms with van der Waals surface area (Å²) < 4.78 is 40.9. The SMILES string of the molecule is CC(C)CNC(=O)N1CCC2(CC1)CC(C(=O)NC1CC1)N(c1ccc(C#N)c(C(F)(F)F)c1)C2. The highest BCUT2D eigenvalue weighted by Crippen LogP contribution is 2.46. The molecule has 0 bridgehead atoms. The summed E-state index contributed by atoms with van der Waals surface area (Å²) in [4.78, 5) is 29.2. The van der Waals surface area contributed by atoms with Gasteiger partial charge in [0.15, 0.2) is 0 Å². The van der Waals surface area contributed by atoms with Gasteiger partial charge in [-0.2, -0.15) is 18.4 Å². The Labute approximate surface area is 203 Å². The molecule has 1 saturated carbocycles. The van der Waals surface area contributed by atoms with Gasteiger partial charge in [0.2, 0.25) is 5.91 Å². The minimum Gasteiger partial charge on any atom is -0.359 e. The maximum Gasteiger partial charge on any atom is 0.417 e. The molecule has 1 spiro atoms. The first-order chi connectivity index (χ1) is 16.5. The summed E-state index contributed by atoms with van der Waals surface area (Å²) in [6.07, 6.45) is -0.964. The van der Waals surface area contributed by atoms with E-state index in [1.807, 2.05) is 13.8 Å². The number of halogens is 3. The fraction of sp³-hybridized carbons (Fsp3) is 0.640. The Hall–Kier alpha value is -2.96. The summed E-state index contributed by atoms with van der Waals surface area (Å²) in [6, 6.07) is 4.73. The van der Waals surface area contributed by atoms with Crippen LogP contribution in [0.5, 0.6) is 0 Å². The second-order valence-electron chi connectivity index (χ2n) is 10.5. The van der Waals surface area contributed by atoms with Gasteiger partial charge >= 0.3 is 12.2 Å². The van der Waals surface area contributed by atoms with Crippen LogP contribution in [0, 0.1) is 22.7 Å². The van der Waals surface area contributed by atoms with Gasteiger partial charge in [0, 0.05) is 37.9 Å². The van der Waals surface area contributed by atoms with Crippen molar-refractivity contribution in [3.63, 3.8) is 0 Å². The molecule has 0 radical (unpaired) electrons. The maximum absolute atomic E-state index is 13.6. The van der Waals surface area contributed by atoms with Crippen LogP contribution in [0.4, 0.5) is 23.7 Å². The lowest BCUT2D eigenvalue weighted by Crippen LogP contribution is -2.48. The number of rotatable bonds is 5. The van der Waals surface area contributed by atoms with Gasteiger partial charge in [-0.1, -0.05) is 13.8 Å². The van der Waals surface area contributed by atoms with Gasteiger partial charge < -0.3 is 20.4 Å². The third kappa shape index (κ3) is 5.65. The Morgan fingerprint density at radius 1 is 1.23 bits per heavy atom. The molecule has 1 atom stereocenters. The molecule has 1 aromatic carbocycles. The normalized spacial score (nSPS) is 21.8. The molecular weight excluding hydrogens is 459 g/mol. The molecule has 10 heteroatoms. The predicted molar refractivity (Wildman–Crippen MR) is 125 cm³/mol. The number of carbonyl (C=O) groups is 2. The Morgan fingerprint density at radius 2 is 1.91 bits per heavy atom. The second-order valence-corrected chi connectivity index (χ2v) is 10.5. The van der Waals surface area contributed by atoms with Crippen LogP contribution in [0.2, 0.25) is 0 Å². The van der Waals surface area contributed by atoms with Crippen molar-refractivity contribution >= 4 is 17.6 Å². The number of alkyl halides is 3. The zero-order valence-corrected chi connectivity index (χ0v) is 20.1. The lowest BCUT2D eigenvalue weighted by molar-refractivity contribution is -0.137. The Bertz CT molecular complexity index is 1010. The molecular formula is C25H32F3N5O2. The van der Waals surface area contributed by atoms with E-state index in [4.69, 9.17) is 5.26 Å². The van der Waals surface area contributed by atoms with E-state index in [2.05, 4.69) is 10.6 Å². The molecule has 3 fully saturated rings. The van der Waals surface area contributed by atoms with Crippen molar-refractivity contribution in [2.45, 2.75) is 64.2 Å². The fourth-order valence-electron chi connectivity index (χ4n) is 5.08. The van der Waals surface area contributed by atoms with Crippen LogP contribution in [-0.2, 0) is 11.0 Å². The lowest BCUT2D eigenvalue weighted by atomic mass is 9.76. The molecule has 1 unspecified atom stereocenters. The number of likely N-dealkylation sites (tertiary alicyclic amines) is 1. The van der Waals surface area contributed by atoms with Crippen LogP contribution in [0.15, 0.2) is 18.2 Å². The van der Waals surface area contributed by atoms with Crippen molar-refractivity contribution in [3.05, 3.63) is 29.3 Å². The fourth-order valence-corrected chi connectivity index (χ4v) is 5.08. The molecule has 2 saturated heterocycles. The molecule has 0 aromatic heterocycles. The Morgan fingerprint density at radius 3 is 2.49 bits per heavy atom. The van der Waals surface area contributed by atoms with Gasteiger partial charge in [-0.05, 0) is 61.6 Å². The van der Waals surface area contributed by atoms with E-state index < -0.39 is 23.3 Å². The van der Waals surface area contributed by atoms with Crippen LogP contribution in [0.1, 0.15) is 57.1 Å². The highest BCUT2D eigenvalue weighted by molar-refractivity contribution is 5.87. The number of nitriles is 1. The number of amides is 3. The maximum atomic E-state index is 13.6. The topological polar surface area (TPSA) is 88.5 Å². The van der Waals surface area contributed by atoms with Crippen LogP contribution in [0.25, 0.3) is 0 Å². The van der Waals surface area contributed by atoms with Crippen molar-refractivity contribution < 1.29 is 22.8 Å². The number of piperidine rings is 1. The zero-order valence-electron chi connectivity index (χ0n) is 20.1. The van der Waals surface area contributed by atoms with Gasteiger partial charge in [0.25, 0.3) is 0 Å². The molecule has 35 heavy (non-hydrogen) atoms. The van der Waals surface area contributed by atoms with Crippen molar-refractivity contribution in [3.8, 4) is 6.07 Å². The Balaban J connectivity index is 1.55. The van der Waals surface area contributed by atoms with Gasteiger partial charge in [0.1, 0.15) is 6.04 Å². The highest BCUT2D eigenvalue weighted by Gasteiger charge is 2.49. The monoisotopic (exact) mass is 491 g/mol. The van der Waals surface area contributed by atoms with E-state index in [1.54, 1.807) is 15.9 Å². The van der Waals surface area contributed by atoms with E-state index in [-0.39, 0.29) is 23.4 Å². The Kier molecular flexibility index (Phi) is 6.89. The number of nitrogens with one attached hydrogen (secondary N) is 2. The number of anilines is 1. The molecule has 7 nitrogen and oxygen atoms in total. The molecule has 2 heterocycles. The number of benzene rings is 1. The average Bonchev–Trinajstić information content (AvgIpc) is 3.55. The van der Waals surface area contributed by atoms with E-state index in [0.29, 0.717) is 57.0 Å². The summed E-state index contributed by atoms with van der Waals surface area (Å²) in [5.41, 5.74) is -1.40. The van der Waals surface area contributed by atoms with E-state index in [0.717, 1.165) is 18.9 Å². The van der Waals surface area contributed by atoms with Crippen molar-refractivity contribution in [1.82, 2.24) is 15.5 Å². The van der Waals surface area contributed by atoms with Crippen LogP contribution < -0.4 is 15.5 Å². The summed E-state index contributed by atoms with van der Waals surface area (Å²) >= 11 is 0. The van der Waals surface area contributed by atoms with Crippen LogP contribution in [-0.4, -0.2) is 55.1 Å². The van der Waals surface area contributed by atoms with Crippen LogP contribution in [0.3, 0.4) is 0 Å². The number of carbonyl (C=O) groups excluding carboxylic acids is 2.